The van der Waals surface area contributed by atoms with E-state index in [9.17, 15) is 33.4 Å². The first-order valence-corrected chi connectivity index (χ1v) is 20.0. The van der Waals surface area contributed by atoms with E-state index in [4.69, 9.17) is 0 Å². The molecule has 4 aromatic rings. The van der Waals surface area contributed by atoms with Gasteiger partial charge in [-0.25, -0.2) is 8.78 Å². The minimum atomic E-state index is -1.32. The third-order valence-corrected chi connectivity index (χ3v) is 11.9. The summed E-state index contributed by atoms with van der Waals surface area (Å²) in [6.07, 6.45) is -0.438. The molecule has 302 valence electrons. The highest BCUT2D eigenvalue weighted by atomic mass is 19.1. The number of amides is 3. The number of likely N-dealkylation sites (tertiary alicyclic amines) is 2. The summed E-state index contributed by atoms with van der Waals surface area (Å²) in [5, 5.41) is 29.7. The average Bonchev–Trinajstić information content (AvgIpc) is 3.73. The second kappa shape index (κ2) is 18.5. The normalized spacial score (nSPS) is 22.0. The van der Waals surface area contributed by atoms with Gasteiger partial charge in [-0.2, -0.15) is 0 Å². The van der Waals surface area contributed by atoms with Crippen LogP contribution >= 0.6 is 0 Å². The molecule has 57 heavy (non-hydrogen) atoms. The molecule has 9 nitrogen and oxygen atoms in total. The topological polar surface area (TPSA) is 122 Å². The van der Waals surface area contributed by atoms with Gasteiger partial charge in [0.25, 0.3) is 0 Å². The van der Waals surface area contributed by atoms with Crippen LogP contribution in [0.4, 0.5) is 8.78 Å². The van der Waals surface area contributed by atoms with Crippen molar-refractivity contribution >= 4 is 17.7 Å². The number of halogens is 2. The molecular formula is C46H54F2N4O5. The van der Waals surface area contributed by atoms with Crippen LogP contribution in [0, 0.1) is 17.6 Å². The molecule has 2 aliphatic rings. The Morgan fingerprint density at radius 1 is 0.895 bits per heavy atom. The Hall–Kier alpha value is -4.97. The molecule has 0 spiro atoms. The molecule has 0 aliphatic carbocycles. The lowest BCUT2D eigenvalue weighted by Crippen LogP contribution is -2.61. The van der Waals surface area contributed by atoms with Crippen LogP contribution in [0.5, 0.6) is 0 Å². The van der Waals surface area contributed by atoms with Gasteiger partial charge < -0.3 is 25.7 Å². The monoisotopic (exact) mass is 780 g/mol. The van der Waals surface area contributed by atoms with E-state index in [0.717, 1.165) is 22.8 Å². The number of benzene rings is 4. The molecule has 7 atom stereocenters. The average molecular weight is 781 g/mol. The van der Waals surface area contributed by atoms with Crippen molar-refractivity contribution in [2.24, 2.45) is 5.92 Å². The minimum Gasteiger partial charge on any atom is -0.392 e. The summed E-state index contributed by atoms with van der Waals surface area (Å²) in [5.41, 5.74) is 1.89. The number of hydrogen-bond acceptors (Lipinski definition) is 6. The van der Waals surface area contributed by atoms with Crippen molar-refractivity contribution in [1.82, 2.24) is 20.4 Å². The standard InChI is InChI=1S/C46H54F2N4O5/c1-4-30(2)46(50-31(3)53)22-23-51(45(46)57)40(21-20-32-14-8-5-9-15-32)44(56)49-39(26-33-24-36(47)27-37(48)25-33)43(55)41-28-38(54)29-52(41)42(34-16-10-6-11-17-34)35-18-12-7-13-19-35/h5-19,24-25,27,30,38-43,54-55H,4,20-23,26,28-29H2,1-3H3,(H,49,56)(H,50,53)/t30-,38-,39+,40?,41-,43+,46?/m1/s1. The first-order chi connectivity index (χ1) is 27.4. The van der Waals surface area contributed by atoms with Gasteiger partial charge in [0.1, 0.15) is 23.2 Å². The van der Waals surface area contributed by atoms with E-state index in [0.29, 0.717) is 19.3 Å². The van der Waals surface area contributed by atoms with Crippen molar-refractivity contribution in [2.45, 2.75) is 101 Å². The number of β-amino-alcohol motifs (C(OH)–C–C–N with tert-alkyl or cyclic N) is 1. The molecule has 2 aliphatic heterocycles. The highest BCUT2D eigenvalue weighted by Crippen LogP contribution is 2.38. The largest absolute Gasteiger partial charge is 0.392 e. The number of aliphatic hydroxyl groups is 2. The van der Waals surface area contributed by atoms with Crippen LogP contribution in [-0.4, -0.2) is 86.7 Å². The highest BCUT2D eigenvalue weighted by Gasteiger charge is 2.53. The highest BCUT2D eigenvalue weighted by molar-refractivity contribution is 5.96. The number of hydrogen-bond donors (Lipinski definition) is 4. The molecule has 2 saturated heterocycles. The fourth-order valence-electron chi connectivity index (χ4n) is 8.93. The zero-order chi connectivity index (χ0) is 40.7. The SMILES string of the molecule is CC[C@@H](C)C1(NC(C)=O)CCN(C(CCc2ccccc2)C(=O)N[C@@H](Cc2cc(F)cc(F)c2)[C@H](O)[C@H]2C[C@@H](O)CN2C(c2ccccc2)c2ccccc2)C1=O. The van der Waals surface area contributed by atoms with Crippen molar-refractivity contribution in [3.05, 3.63) is 143 Å². The van der Waals surface area contributed by atoms with Crippen molar-refractivity contribution in [3.63, 3.8) is 0 Å². The summed E-state index contributed by atoms with van der Waals surface area (Å²) in [7, 11) is 0. The molecule has 2 unspecified atom stereocenters. The zero-order valence-electron chi connectivity index (χ0n) is 32.9. The summed E-state index contributed by atoms with van der Waals surface area (Å²) < 4.78 is 29.3. The van der Waals surface area contributed by atoms with E-state index in [1.165, 1.54) is 24.0 Å². The van der Waals surface area contributed by atoms with E-state index >= 15 is 0 Å². The lowest BCUT2D eigenvalue weighted by Gasteiger charge is -2.39. The predicted molar refractivity (Wildman–Crippen MR) is 215 cm³/mol. The van der Waals surface area contributed by atoms with Gasteiger partial charge in [0.15, 0.2) is 0 Å². The fraction of sp³-hybridized carbons (Fsp3) is 0.413. The quantitative estimate of drug-likeness (QED) is 0.115. The van der Waals surface area contributed by atoms with Gasteiger partial charge >= 0.3 is 0 Å². The van der Waals surface area contributed by atoms with Crippen LogP contribution in [0.3, 0.4) is 0 Å². The number of nitrogens with one attached hydrogen (secondary N) is 2. The summed E-state index contributed by atoms with van der Waals surface area (Å²) in [6, 6.07) is 29.1. The molecular weight excluding hydrogens is 727 g/mol. The number of aliphatic hydroxyl groups excluding tert-OH is 2. The van der Waals surface area contributed by atoms with Crippen LogP contribution in [0.25, 0.3) is 0 Å². The van der Waals surface area contributed by atoms with Gasteiger partial charge in [-0.05, 0) is 72.4 Å². The van der Waals surface area contributed by atoms with Gasteiger partial charge in [0.2, 0.25) is 17.7 Å². The van der Waals surface area contributed by atoms with Crippen LogP contribution in [0.2, 0.25) is 0 Å². The summed E-state index contributed by atoms with van der Waals surface area (Å²) in [6.45, 7) is 5.70. The Balaban J connectivity index is 1.37. The number of nitrogens with zero attached hydrogens (tertiary/aromatic N) is 2. The van der Waals surface area contributed by atoms with Crippen molar-refractivity contribution in [3.8, 4) is 0 Å². The number of carbonyl (C=O) groups excluding carboxylic acids is 3. The van der Waals surface area contributed by atoms with Gasteiger partial charge in [-0.15, -0.1) is 0 Å². The first-order valence-electron chi connectivity index (χ1n) is 20.0. The van der Waals surface area contributed by atoms with Crippen molar-refractivity contribution < 1.29 is 33.4 Å². The van der Waals surface area contributed by atoms with Gasteiger partial charge in [-0.1, -0.05) is 111 Å². The minimum absolute atomic E-state index is 0.134. The molecule has 0 saturated carbocycles. The Kier molecular flexibility index (Phi) is 13.5. The lowest BCUT2D eigenvalue weighted by atomic mass is 9.81. The molecule has 0 aromatic heterocycles. The third kappa shape index (κ3) is 9.60. The van der Waals surface area contributed by atoms with Crippen molar-refractivity contribution in [2.75, 3.05) is 13.1 Å². The van der Waals surface area contributed by atoms with Gasteiger partial charge in [-0.3, -0.25) is 19.3 Å². The Morgan fingerprint density at radius 2 is 1.47 bits per heavy atom. The maximum Gasteiger partial charge on any atom is 0.249 e. The Labute approximate surface area is 334 Å². The van der Waals surface area contributed by atoms with Crippen molar-refractivity contribution in [1.29, 1.82) is 0 Å². The number of carbonyl (C=O) groups is 3. The molecule has 3 amide bonds. The second-order valence-electron chi connectivity index (χ2n) is 15.7. The second-order valence-corrected chi connectivity index (χ2v) is 15.7. The predicted octanol–water partition coefficient (Wildman–Crippen LogP) is 5.73. The third-order valence-electron chi connectivity index (χ3n) is 11.9. The van der Waals surface area contributed by atoms with E-state index < -0.39 is 53.4 Å². The fourth-order valence-corrected chi connectivity index (χ4v) is 8.93. The Bertz CT molecular complexity index is 1910. The van der Waals surface area contributed by atoms with E-state index in [1.54, 1.807) is 0 Å². The van der Waals surface area contributed by atoms with E-state index in [-0.39, 0.29) is 61.7 Å². The number of rotatable bonds is 16. The maximum atomic E-state index is 14.8. The lowest BCUT2D eigenvalue weighted by molar-refractivity contribution is -0.144. The van der Waals surface area contributed by atoms with Gasteiger partial charge in [0, 0.05) is 32.1 Å². The smallest absolute Gasteiger partial charge is 0.249 e. The van der Waals surface area contributed by atoms with E-state index in [1.807, 2.05) is 110 Å². The maximum absolute atomic E-state index is 14.8. The summed E-state index contributed by atoms with van der Waals surface area (Å²) in [5.74, 6) is -3.01. The van der Waals surface area contributed by atoms with E-state index in [2.05, 4.69) is 10.6 Å². The van der Waals surface area contributed by atoms with Crippen LogP contribution in [0.1, 0.15) is 74.8 Å². The Morgan fingerprint density at radius 3 is 2.04 bits per heavy atom. The molecule has 11 heteroatoms. The first kappa shape index (κ1) is 41.7. The summed E-state index contributed by atoms with van der Waals surface area (Å²) in [4.78, 5) is 45.4. The van der Waals surface area contributed by atoms with Crippen LogP contribution < -0.4 is 10.6 Å². The molecule has 2 fully saturated rings. The molecule has 6 rings (SSSR count). The van der Waals surface area contributed by atoms with Gasteiger partial charge in [0.05, 0.1) is 24.3 Å². The molecule has 0 radical (unpaired) electrons. The van der Waals surface area contributed by atoms with Crippen LogP contribution in [0.15, 0.2) is 109 Å². The van der Waals surface area contributed by atoms with Crippen LogP contribution in [-0.2, 0) is 27.2 Å². The molecule has 4 aromatic carbocycles. The number of aryl methyl sites for hydroxylation is 1. The zero-order valence-corrected chi connectivity index (χ0v) is 32.9. The molecule has 0 bridgehead atoms. The summed E-state index contributed by atoms with van der Waals surface area (Å²) >= 11 is 0. The molecule has 2 heterocycles. The molecule has 4 N–H and O–H groups in total.